The number of benzene rings is 2. The number of halogens is 1. The van der Waals surface area contributed by atoms with Gasteiger partial charge in [-0.3, -0.25) is 9.59 Å². The van der Waals surface area contributed by atoms with Crippen LogP contribution in [0.2, 0.25) is 5.02 Å². The van der Waals surface area contributed by atoms with Gasteiger partial charge in [-0.15, -0.1) is 0 Å². The largest absolute Gasteiger partial charge is 0.455 e. The Morgan fingerprint density at radius 1 is 0.926 bits per heavy atom. The summed E-state index contributed by atoms with van der Waals surface area (Å²) in [6.45, 7) is -0.403. The highest BCUT2D eigenvalue weighted by molar-refractivity contribution is 6.30. The van der Waals surface area contributed by atoms with E-state index in [1.54, 1.807) is 12.1 Å². The molecule has 27 heavy (non-hydrogen) atoms. The Morgan fingerprint density at radius 3 is 2.04 bits per heavy atom. The fourth-order valence-corrected chi connectivity index (χ4v) is 2.72. The highest BCUT2D eigenvalue weighted by atomic mass is 35.5. The van der Waals surface area contributed by atoms with Crippen LogP contribution < -0.4 is 5.32 Å². The maximum Gasteiger partial charge on any atom is 0.318 e. The van der Waals surface area contributed by atoms with E-state index in [0.29, 0.717) is 10.8 Å². The van der Waals surface area contributed by atoms with Crippen molar-refractivity contribution >= 4 is 29.3 Å². The molecule has 0 aliphatic rings. The van der Waals surface area contributed by atoms with Crippen LogP contribution in [-0.4, -0.2) is 23.5 Å². The fourth-order valence-electron chi connectivity index (χ4n) is 2.60. The first-order chi connectivity index (χ1) is 13.1. The molecule has 0 saturated carbocycles. The van der Waals surface area contributed by atoms with Crippen LogP contribution in [0.25, 0.3) is 0 Å². The number of rotatable bonds is 6. The first-order valence-corrected chi connectivity index (χ1v) is 8.69. The summed E-state index contributed by atoms with van der Waals surface area (Å²) in [5.41, 5.74) is 1.60. The fraction of sp³-hybridized carbons (Fsp3) is 0.0952. The van der Waals surface area contributed by atoms with Gasteiger partial charge in [0.25, 0.3) is 5.91 Å². The Morgan fingerprint density at radius 2 is 1.52 bits per heavy atom. The van der Waals surface area contributed by atoms with E-state index in [-0.39, 0.29) is 0 Å². The van der Waals surface area contributed by atoms with Crippen molar-refractivity contribution < 1.29 is 14.3 Å². The van der Waals surface area contributed by atoms with Crippen molar-refractivity contribution in [1.29, 1.82) is 0 Å². The van der Waals surface area contributed by atoms with Crippen molar-refractivity contribution in [3.05, 3.63) is 95.1 Å². The quantitative estimate of drug-likeness (QED) is 0.655. The molecule has 0 unspecified atom stereocenters. The lowest BCUT2D eigenvalue weighted by Crippen LogP contribution is -2.24. The van der Waals surface area contributed by atoms with Crippen LogP contribution in [0.5, 0.6) is 0 Å². The van der Waals surface area contributed by atoms with Crippen LogP contribution in [0.1, 0.15) is 17.0 Å². The summed E-state index contributed by atoms with van der Waals surface area (Å²) in [7, 11) is 0. The number of ether oxygens (including phenoxy) is 1. The van der Waals surface area contributed by atoms with Crippen LogP contribution in [0.15, 0.2) is 79.0 Å². The van der Waals surface area contributed by atoms with Crippen LogP contribution in [0.4, 0.5) is 5.82 Å². The number of carbonyl (C=O) groups excluding carboxylic acids is 2. The first-order valence-electron chi connectivity index (χ1n) is 8.31. The van der Waals surface area contributed by atoms with E-state index in [9.17, 15) is 9.59 Å². The molecule has 1 amide bonds. The van der Waals surface area contributed by atoms with Gasteiger partial charge in [0.1, 0.15) is 11.7 Å². The molecule has 0 aliphatic carbocycles. The predicted octanol–water partition coefficient (Wildman–Crippen LogP) is 4.05. The SMILES string of the molecule is O=C(COC(=O)C(c1ccccc1)c1ccccc1)Nc1ccc(Cl)cn1. The van der Waals surface area contributed by atoms with E-state index in [1.807, 2.05) is 60.7 Å². The van der Waals surface area contributed by atoms with Crippen molar-refractivity contribution in [3.63, 3.8) is 0 Å². The topological polar surface area (TPSA) is 68.3 Å². The standard InChI is InChI=1S/C21H17ClN2O3/c22-17-11-12-18(23-13-17)24-19(25)14-27-21(26)20(15-7-3-1-4-8-15)16-9-5-2-6-10-16/h1-13,20H,14H2,(H,23,24,25). The van der Waals surface area contributed by atoms with Gasteiger partial charge in [-0.1, -0.05) is 72.3 Å². The molecule has 0 bridgehead atoms. The summed E-state index contributed by atoms with van der Waals surface area (Å²) in [5, 5.41) is 3.02. The number of hydrogen-bond acceptors (Lipinski definition) is 4. The highest BCUT2D eigenvalue weighted by Gasteiger charge is 2.24. The molecule has 1 N–H and O–H groups in total. The van der Waals surface area contributed by atoms with Gasteiger partial charge in [-0.2, -0.15) is 0 Å². The molecule has 1 aromatic heterocycles. The Bertz CT molecular complexity index is 860. The monoisotopic (exact) mass is 380 g/mol. The predicted molar refractivity (Wildman–Crippen MR) is 104 cm³/mol. The van der Waals surface area contributed by atoms with Crippen LogP contribution >= 0.6 is 11.6 Å². The summed E-state index contributed by atoms with van der Waals surface area (Å²) in [4.78, 5) is 28.7. The average molecular weight is 381 g/mol. The molecule has 0 saturated heterocycles. The Balaban J connectivity index is 1.68. The minimum Gasteiger partial charge on any atom is -0.455 e. The average Bonchev–Trinajstić information content (AvgIpc) is 2.70. The zero-order valence-electron chi connectivity index (χ0n) is 14.3. The maximum absolute atomic E-state index is 12.7. The van der Waals surface area contributed by atoms with Gasteiger partial charge < -0.3 is 10.1 Å². The van der Waals surface area contributed by atoms with Gasteiger partial charge in [0, 0.05) is 6.20 Å². The molecule has 2 aromatic carbocycles. The number of hydrogen-bond donors (Lipinski definition) is 1. The lowest BCUT2D eigenvalue weighted by molar-refractivity contribution is -0.147. The number of nitrogens with zero attached hydrogens (tertiary/aromatic N) is 1. The summed E-state index contributed by atoms with van der Waals surface area (Å²) in [6, 6.07) is 21.8. The molecule has 6 heteroatoms. The summed E-state index contributed by atoms with van der Waals surface area (Å²) in [6.07, 6.45) is 1.42. The van der Waals surface area contributed by atoms with Gasteiger partial charge in [0.2, 0.25) is 0 Å². The van der Waals surface area contributed by atoms with Crippen molar-refractivity contribution in [3.8, 4) is 0 Å². The minimum absolute atomic E-state index is 0.336. The normalized spacial score (nSPS) is 10.4. The molecule has 136 valence electrons. The van der Waals surface area contributed by atoms with Crippen molar-refractivity contribution in [2.24, 2.45) is 0 Å². The maximum atomic E-state index is 12.7. The summed E-state index contributed by atoms with van der Waals surface area (Å²) < 4.78 is 5.27. The molecule has 5 nitrogen and oxygen atoms in total. The van der Waals surface area contributed by atoms with Gasteiger partial charge in [-0.25, -0.2) is 4.98 Å². The minimum atomic E-state index is -0.603. The zero-order chi connectivity index (χ0) is 19.1. The summed E-state index contributed by atoms with van der Waals surface area (Å²) in [5.74, 6) is -1.23. The van der Waals surface area contributed by atoms with E-state index in [2.05, 4.69) is 10.3 Å². The van der Waals surface area contributed by atoms with Crippen LogP contribution in [-0.2, 0) is 14.3 Å². The van der Waals surface area contributed by atoms with Crippen molar-refractivity contribution in [1.82, 2.24) is 4.98 Å². The van der Waals surface area contributed by atoms with Crippen LogP contribution in [0.3, 0.4) is 0 Å². The molecular formula is C21H17ClN2O3. The molecule has 0 spiro atoms. The number of pyridine rings is 1. The van der Waals surface area contributed by atoms with E-state index in [1.165, 1.54) is 6.20 Å². The van der Waals surface area contributed by atoms with Gasteiger partial charge in [0.05, 0.1) is 5.02 Å². The molecule has 3 rings (SSSR count). The molecule has 0 radical (unpaired) electrons. The van der Waals surface area contributed by atoms with Gasteiger partial charge >= 0.3 is 5.97 Å². The molecule has 0 aliphatic heterocycles. The lowest BCUT2D eigenvalue weighted by atomic mass is 9.91. The van der Waals surface area contributed by atoms with Gasteiger partial charge in [0.15, 0.2) is 6.61 Å². The first kappa shape index (κ1) is 18.6. The highest BCUT2D eigenvalue weighted by Crippen LogP contribution is 2.25. The molecule has 0 atom stereocenters. The third-order valence-corrected chi connectivity index (χ3v) is 4.07. The second kappa shape index (κ2) is 8.96. The smallest absolute Gasteiger partial charge is 0.318 e. The van der Waals surface area contributed by atoms with Crippen molar-refractivity contribution in [2.45, 2.75) is 5.92 Å². The summed E-state index contributed by atoms with van der Waals surface area (Å²) >= 11 is 5.76. The second-order valence-electron chi connectivity index (χ2n) is 5.77. The van der Waals surface area contributed by atoms with E-state index >= 15 is 0 Å². The second-order valence-corrected chi connectivity index (χ2v) is 6.21. The molecule has 0 fully saturated rings. The number of esters is 1. The molecule has 3 aromatic rings. The number of amides is 1. The van der Waals surface area contributed by atoms with Gasteiger partial charge in [-0.05, 0) is 23.3 Å². The number of carbonyl (C=O) groups is 2. The van der Waals surface area contributed by atoms with Crippen molar-refractivity contribution in [2.75, 3.05) is 11.9 Å². The Kier molecular flexibility index (Phi) is 6.18. The number of anilines is 1. The van der Waals surface area contributed by atoms with Crippen LogP contribution in [0, 0.1) is 0 Å². The van der Waals surface area contributed by atoms with E-state index in [4.69, 9.17) is 16.3 Å². The van der Waals surface area contributed by atoms with E-state index < -0.39 is 24.4 Å². The Labute approximate surface area is 162 Å². The van der Waals surface area contributed by atoms with E-state index in [0.717, 1.165) is 11.1 Å². The third kappa shape index (κ3) is 5.15. The number of nitrogens with one attached hydrogen (secondary N) is 1. The zero-order valence-corrected chi connectivity index (χ0v) is 15.1. The Hall–Kier alpha value is -3.18. The molecular weight excluding hydrogens is 364 g/mol. The number of aromatic nitrogens is 1. The molecule has 1 heterocycles. The lowest BCUT2D eigenvalue weighted by Gasteiger charge is -2.17. The third-order valence-electron chi connectivity index (χ3n) is 3.84.